The molecule has 0 aliphatic carbocycles. The Morgan fingerprint density at radius 1 is 0.692 bits per heavy atom. The predicted molar refractivity (Wildman–Crippen MR) is 233 cm³/mol. The highest BCUT2D eigenvalue weighted by molar-refractivity contribution is 8.02. The number of benzene rings is 5. The Kier molecular flexibility index (Phi) is 12.3. The minimum atomic E-state index is 0.857. The Balaban J connectivity index is 1.62. The van der Waals surface area contributed by atoms with Gasteiger partial charge >= 0.3 is 0 Å². The Labute approximate surface area is 316 Å². The van der Waals surface area contributed by atoms with Gasteiger partial charge in [-0.25, -0.2) is 0 Å². The highest BCUT2D eigenvalue weighted by Gasteiger charge is 2.20. The van der Waals surface area contributed by atoms with Crippen LogP contribution in [0.15, 0.2) is 159 Å². The number of fused-ring (bicyclic) bond motifs is 1. The number of hydrogen-bond acceptors (Lipinski definition) is 5. The second-order valence-electron chi connectivity index (χ2n) is 12.3. The lowest BCUT2D eigenvalue weighted by Gasteiger charge is -2.21. The van der Waals surface area contributed by atoms with Crippen molar-refractivity contribution in [1.29, 1.82) is 0 Å². The van der Waals surface area contributed by atoms with Crippen LogP contribution in [0, 0.1) is 0 Å². The van der Waals surface area contributed by atoms with Gasteiger partial charge in [-0.2, -0.15) is 11.8 Å². The molecule has 4 N–H and O–H groups in total. The fourth-order valence-electron chi connectivity index (χ4n) is 6.64. The quantitative estimate of drug-likeness (QED) is 0.0869. The van der Waals surface area contributed by atoms with Crippen LogP contribution in [-0.2, 0) is 5.75 Å². The molecular formula is C47H43N3S2. The van der Waals surface area contributed by atoms with Crippen molar-refractivity contribution in [2.45, 2.75) is 12.2 Å². The monoisotopic (exact) mass is 713 g/mol. The molecule has 258 valence electrons. The van der Waals surface area contributed by atoms with Gasteiger partial charge in [-0.3, -0.25) is 4.98 Å². The summed E-state index contributed by atoms with van der Waals surface area (Å²) in [6.07, 6.45) is 16.4. The van der Waals surface area contributed by atoms with E-state index in [1.807, 2.05) is 23.8 Å². The zero-order chi connectivity index (χ0) is 36.3. The van der Waals surface area contributed by atoms with Crippen LogP contribution in [0.25, 0.3) is 73.0 Å². The molecule has 0 fully saturated rings. The van der Waals surface area contributed by atoms with E-state index in [1.165, 1.54) is 22.3 Å². The fourth-order valence-corrected chi connectivity index (χ4v) is 7.63. The van der Waals surface area contributed by atoms with Crippen molar-refractivity contribution >= 4 is 52.0 Å². The van der Waals surface area contributed by atoms with E-state index >= 15 is 0 Å². The van der Waals surface area contributed by atoms with Crippen molar-refractivity contribution in [1.82, 2.24) is 4.98 Å². The van der Waals surface area contributed by atoms with Crippen LogP contribution in [0.2, 0.25) is 0 Å². The van der Waals surface area contributed by atoms with E-state index in [1.54, 1.807) is 35.9 Å². The zero-order valence-corrected chi connectivity index (χ0v) is 31.1. The predicted octanol–water partition coefficient (Wildman–Crippen LogP) is 12.5. The Morgan fingerprint density at radius 2 is 1.33 bits per heavy atom. The second kappa shape index (κ2) is 17.6. The third kappa shape index (κ3) is 8.02. The van der Waals surface area contributed by atoms with E-state index in [0.29, 0.717) is 0 Å². The minimum Gasteiger partial charge on any atom is -0.404 e. The Bertz CT molecular complexity index is 2210. The van der Waals surface area contributed by atoms with E-state index in [4.69, 9.17) is 16.5 Å². The van der Waals surface area contributed by atoms with Gasteiger partial charge in [0.05, 0.1) is 5.69 Å². The lowest BCUT2D eigenvalue weighted by Crippen LogP contribution is -2.00. The van der Waals surface area contributed by atoms with Crippen molar-refractivity contribution < 1.29 is 0 Å². The molecule has 0 aliphatic rings. The maximum absolute atomic E-state index is 6.41. The number of nitrogens with two attached hydrogens (primary N) is 2. The van der Waals surface area contributed by atoms with Gasteiger partial charge in [-0.1, -0.05) is 116 Å². The van der Waals surface area contributed by atoms with E-state index < -0.39 is 0 Å². The maximum atomic E-state index is 6.41. The first-order valence-electron chi connectivity index (χ1n) is 17.3. The summed E-state index contributed by atoms with van der Waals surface area (Å²) in [5, 5.41) is 4.08. The number of allylic oxidation sites excluding steroid dienone is 3. The lowest BCUT2D eigenvalue weighted by molar-refractivity contribution is 1.18. The number of thioether (sulfide) groups is 2. The molecule has 0 saturated heterocycles. The largest absolute Gasteiger partial charge is 0.404 e. The highest BCUT2D eigenvalue weighted by Crippen LogP contribution is 2.44. The summed E-state index contributed by atoms with van der Waals surface area (Å²) in [6.45, 7) is 8.61. The van der Waals surface area contributed by atoms with E-state index in [-0.39, 0.29) is 0 Å². The van der Waals surface area contributed by atoms with Crippen LogP contribution in [0.1, 0.15) is 28.8 Å². The normalized spacial score (nSPS) is 11.8. The number of hydrogen-bond donors (Lipinski definition) is 2. The average molecular weight is 714 g/mol. The number of rotatable bonds is 14. The second-order valence-corrected chi connectivity index (χ2v) is 14.1. The van der Waals surface area contributed by atoms with Crippen LogP contribution in [0.3, 0.4) is 0 Å². The molecule has 5 heteroatoms. The molecule has 0 atom stereocenters. The first-order valence-corrected chi connectivity index (χ1v) is 19.7. The number of aromatic nitrogens is 1. The van der Waals surface area contributed by atoms with Crippen LogP contribution >= 0.6 is 23.5 Å². The topological polar surface area (TPSA) is 64.9 Å². The van der Waals surface area contributed by atoms with Crippen LogP contribution in [-0.4, -0.2) is 17.0 Å². The summed E-state index contributed by atoms with van der Waals surface area (Å²) in [6, 6.07) is 39.1. The third-order valence-electron chi connectivity index (χ3n) is 9.02. The molecule has 3 nitrogen and oxygen atoms in total. The van der Waals surface area contributed by atoms with E-state index in [2.05, 4.69) is 141 Å². The molecule has 0 unspecified atom stereocenters. The Hall–Kier alpha value is -5.49. The van der Waals surface area contributed by atoms with Crippen molar-refractivity contribution in [2.24, 2.45) is 11.5 Å². The summed E-state index contributed by atoms with van der Waals surface area (Å²) in [5.74, 6) is 1.78. The van der Waals surface area contributed by atoms with Gasteiger partial charge in [0.2, 0.25) is 0 Å². The molecule has 5 aromatic carbocycles. The molecule has 6 aromatic rings. The van der Waals surface area contributed by atoms with Gasteiger partial charge in [0.15, 0.2) is 0 Å². The molecule has 0 aliphatic heterocycles. The van der Waals surface area contributed by atoms with Crippen LogP contribution in [0.5, 0.6) is 0 Å². The first-order chi connectivity index (χ1) is 25.6. The summed E-state index contributed by atoms with van der Waals surface area (Å²) in [4.78, 5) is 4.86. The molecule has 0 amide bonds. The lowest BCUT2D eigenvalue weighted by atomic mass is 9.82. The van der Waals surface area contributed by atoms with E-state index in [9.17, 15) is 0 Å². The van der Waals surface area contributed by atoms with Gasteiger partial charge in [0.25, 0.3) is 0 Å². The van der Waals surface area contributed by atoms with Gasteiger partial charge in [-0.05, 0) is 120 Å². The molecule has 6 rings (SSSR count). The minimum absolute atomic E-state index is 0.857. The van der Waals surface area contributed by atoms with Gasteiger partial charge in [0, 0.05) is 35.7 Å². The van der Waals surface area contributed by atoms with Crippen molar-refractivity contribution in [3.63, 3.8) is 0 Å². The summed E-state index contributed by atoms with van der Waals surface area (Å²) in [7, 11) is 0. The molecule has 1 aromatic heterocycles. The van der Waals surface area contributed by atoms with Crippen LogP contribution in [0.4, 0.5) is 0 Å². The fraction of sp³-hybridized carbons (Fsp3) is 0.0851. The first kappa shape index (κ1) is 36.3. The van der Waals surface area contributed by atoms with Crippen molar-refractivity contribution in [3.8, 4) is 44.5 Å². The summed E-state index contributed by atoms with van der Waals surface area (Å²) < 4.78 is 0. The summed E-state index contributed by atoms with van der Waals surface area (Å²) in [5.41, 5.74) is 25.9. The highest BCUT2D eigenvalue weighted by atomic mass is 32.2. The van der Waals surface area contributed by atoms with Crippen molar-refractivity contribution in [2.75, 3.05) is 12.0 Å². The molecular weight excluding hydrogens is 671 g/mol. The Morgan fingerprint density at radius 3 is 1.88 bits per heavy atom. The smallest absolute Gasteiger partial charge is 0.0502 e. The molecule has 0 bridgehead atoms. The SMILES string of the molecule is C=Cc1c(C=C)c(-c2ccc(CSC)nc2)c2cc(-c3cc(-c4ccccc4)cc(-c4ccccc4)c3)ccc2c1C(/C=C\CCS/C=C\N)=C/N. The van der Waals surface area contributed by atoms with Gasteiger partial charge < -0.3 is 11.5 Å². The average Bonchev–Trinajstić information content (AvgIpc) is 3.20. The molecule has 0 spiro atoms. The number of nitrogens with zero attached hydrogens (tertiary/aromatic N) is 1. The van der Waals surface area contributed by atoms with E-state index in [0.717, 1.165) is 78.9 Å². The molecule has 1 heterocycles. The van der Waals surface area contributed by atoms with Crippen LogP contribution < -0.4 is 11.5 Å². The summed E-state index contributed by atoms with van der Waals surface area (Å²) >= 11 is 3.45. The zero-order valence-electron chi connectivity index (χ0n) is 29.5. The molecule has 0 saturated carbocycles. The molecule has 0 radical (unpaired) electrons. The number of pyridine rings is 1. The van der Waals surface area contributed by atoms with Crippen molar-refractivity contribution in [3.05, 3.63) is 181 Å². The molecule has 52 heavy (non-hydrogen) atoms. The van der Waals surface area contributed by atoms with Gasteiger partial charge in [0.1, 0.15) is 0 Å². The standard InChI is InChI=1S/C47H43N3S2/c1-4-42-43(5-2)47(37-19-21-41(32-51-3)50-31-37)45-29-35(20-22-44(45)46(42)36(30-49)18-12-13-24-52-25-23-48)40-27-38(33-14-8-6-9-15-33)26-39(28-40)34-16-10-7-11-17-34/h4-12,14-23,25-31H,1-2,13,24,32,48-49H2,3H3/b18-12-,25-23-,36-30+. The van der Waals surface area contributed by atoms with Gasteiger partial charge in [-0.15, -0.1) is 11.8 Å². The third-order valence-corrected chi connectivity index (χ3v) is 10.4. The maximum Gasteiger partial charge on any atom is 0.0502 e.